The van der Waals surface area contributed by atoms with Crippen LogP contribution in [0.1, 0.15) is 6.92 Å². The van der Waals surface area contributed by atoms with Crippen molar-refractivity contribution in [2.45, 2.75) is 43.0 Å². The van der Waals surface area contributed by atoms with Gasteiger partial charge in [-0.2, -0.15) is 4.72 Å². The van der Waals surface area contributed by atoms with E-state index in [1.807, 2.05) is 0 Å². The van der Waals surface area contributed by atoms with Crippen LogP contribution in [0, 0.1) is 0 Å². The van der Waals surface area contributed by atoms with Crippen LogP contribution in [0.3, 0.4) is 0 Å². The summed E-state index contributed by atoms with van der Waals surface area (Å²) in [6.07, 6.45) is 0. The average molecular weight is 347 g/mol. The molecule has 3 N–H and O–H groups in total. The molecular weight excluding hydrogens is 320 g/mol. The number of hydrogen-bond acceptors (Lipinski definition) is 5. The van der Waals surface area contributed by atoms with E-state index in [4.69, 9.17) is 15.2 Å². The van der Waals surface area contributed by atoms with E-state index in [9.17, 15) is 8.42 Å². The Hall–Kier alpha value is -0.773. The second-order valence-corrected chi connectivity index (χ2v) is 13.5. The van der Waals surface area contributed by atoms with Crippen LogP contribution in [-0.4, -0.2) is 41.8 Å². The first-order valence-corrected chi connectivity index (χ1v) is 12.1. The Bertz CT molecular complexity index is 574. The molecule has 0 amide bonds. The molecule has 126 valence electrons. The number of nitrogens with one attached hydrogen (secondary N) is 1. The molecule has 0 aliphatic carbocycles. The minimum Gasteiger partial charge on any atom is -0.340 e. The third kappa shape index (κ3) is 5.45. The van der Waals surface area contributed by atoms with Gasteiger partial charge in [0.05, 0.1) is 19.6 Å². The summed E-state index contributed by atoms with van der Waals surface area (Å²) in [6, 6.07) is 8.07. The number of ether oxygens (including phenoxy) is 2. The number of rotatable bonds is 8. The van der Waals surface area contributed by atoms with Crippen molar-refractivity contribution in [3.63, 3.8) is 0 Å². The number of sulfonamides is 1. The number of benzene rings is 1. The van der Waals surface area contributed by atoms with Crippen LogP contribution in [0.5, 0.6) is 0 Å². The Balaban J connectivity index is 2.82. The lowest BCUT2D eigenvalue weighted by Gasteiger charge is -2.32. The predicted octanol–water partition coefficient (Wildman–Crippen LogP) is 1.51. The lowest BCUT2D eigenvalue weighted by Crippen LogP contribution is -2.54. The van der Waals surface area contributed by atoms with Crippen LogP contribution in [0.15, 0.2) is 35.2 Å². The molecule has 1 rings (SSSR count). The normalized spacial score (nSPS) is 17.0. The van der Waals surface area contributed by atoms with Crippen molar-refractivity contribution in [3.8, 4) is 0 Å². The van der Waals surface area contributed by atoms with E-state index in [2.05, 4.69) is 24.4 Å². The number of nitrogens with two attached hydrogens (primary N) is 1. The summed E-state index contributed by atoms with van der Waals surface area (Å²) in [5, 5.41) is 0. The maximum Gasteiger partial charge on any atom is 0.244 e. The molecule has 22 heavy (non-hydrogen) atoms. The van der Waals surface area contributed by atoms with Crippen molar-refractivity contribution in [1.29, 1.82) is 0 Å². The second-order valence-electron chi connectivity index (χ2n) is 6.35. The van der Waals surface area contributed by atoms with Gasteiger partial charge in [0, 0.05) is 19.7 Å². The van der Waals surface area contributed by atoms with Gasteiger partial charge in [-0.05, 0) is 12.1 Å². The molecule has 0 spiro atoms. The summed E-state index contributed by atoms with van der Waals surface area (Å²) in [6.45, 7) is 8.11. The topological polar surface area (TPSA) is 90.6 Å². The zero-order chi connectivity index (χ0) is 17.0. The van der Waals surface area contributed by atoms with Gasteiger partial charge in [0.15, 0.2) is 0 Å². The van der Waals surface area contributed by atoms with Crippen molar-refractivity contribution < 1.29 is 17.9 Å². The number of hydrogen-bond donors (Lipinski definition) is 2. The fourth-order valence-corrected chi connectivity index (χ4v) is 3.38. The summed E-state index contributed by atoms with van der Waals surface area (Å²) in [5.41, 5.74) is 5.97. The van der Waals surface area contributed by atoms with Gasteiger partial charge in [0.1, 0.15) is 0 Å². The second kappa shape index (κ2) is 7.20. The summed E-state index contributed by atoms with van der Waals surface area (Å²) in [5.74, 6) is -1.47. The summed E-state index contributed by atoms with van der Waals surface area (Å²) >= 11 is 0. The summed E-state index contributed by atoms with van der Waals surface area (Å²) < 4.78 is 38.0. The van der Waals surface area contributed by atoms with Crippen LogP contribution >= 0.6 is 0 Å². The van der Waals surface area contributed by atoms with Crippen LogP contribution in [-0.2, 0) is 19.5 Å². The van der Waals surface area contributed by atoms with Crippen LogP contribution in [0.25, 0.3) is 0 Å². The van der Waals surface area contributed by atoms with Gasteiger partial charge >= 0.3 is 0 Å². The Kier molecular flexibility index (Phi) is 6.31. The highest BCUT2D eigenvalue weighted by atomic mass is 32.2. The molecule has 0 bridgehead atoms. The first-order valence-electron chi connectivity index (χ1n) is 7.04. The Labute approximate surface area is 134 Å². The third-order valence-electron chi connectivity index (χ3n) is 3.41. The average Bonchev–Trinajstić information content (AvgIpc) is 2.44. The minimum atomic E-state index is -3.74. The van der Waals surface area contributed by atoms with E-state index in [0.29, 0.717) is 0 Å². The monoisotopic (exact) mass is 346 g/mol. The van der Waals surface area contributed by atoms with Gasteiger partial charge in [0.2, 0.25) is 15.9 Å². The standard InChI is InChI=1S/C14H26N2O4SSi/c1-14(19-2,20-11-13(15)22(3,4)5)16-21(17,18)12-9-7-6-8-10-12/h6-10,13,16H,11,15H2,1-5H3. The molecule has 1 aromatic carbocycles. The zero-order valence-corrected chi connectivity index (χ0v) is 15.6. The fraction of sp³-hybridized carbons (Fsp3) is 0.571. The zero-order valence-electron chi connectivity index (χ0n) is 13.8. The quantitative estimate of drug-likeness (QED) is 0.550. The molecule has 2 unspecified atom stereocenters. The van der Waals surface area contributed by atoms with Gasteiger partial charge in [-0.3, -0.25) is 0 Å². The Morgan fingerprint density at radius 2 is 1.82 bits per heavy atom. The lowest BCUT2D eigenvalue weighted by molar-refractivity contribution is -0.217. The molecule has 8 heteroatoms. The number of methoxy groups -OCH3 is 1. The van der Waals surface area contributed by atoms with Crippen LogP contribution < -0.4 is 10.5 Å². The molecular formula is C14H26N2O4SSi. The Morgan fingerprint density at radius 1 is 1.27 bits per heavy atom. The highest BCUT2D eigenvalue weighted by Gasteiger charge is 2.34. The van der Waals surface area contributed by atoms with Crippen molar-refractivity contribution in [3.05, 3.63) is 30.3 Å². The molecule has 1 aromatic rings. The molecule has 0 fully saturated rings. The maximum atomic E-state index is 12.4. The molecule has 0 radical (unpaired) electrons. The van der Waals surface area contributed by atoms with Gasteiger partial charge in [-0.1, -0.05) is 37.8 Å². The minimum absolute atomic E-state index is 0.122. The van der Waals surface area contributed by atoms with Gasteiger partial charge in [-0.15, -0.1) is 0 Å². The van der Waals surface area contributed by atoms with Crippen molar-refractivity contribution >= 4 is 18.1 Å². The van der Waals surface area contributed by atoms with Crippen LogP contribution in [0.4, 0.5) is 0 Å². The van der Waals surface area contributed by atoms with E-state index in [-0.39, 0.29) is 17.2 Å². The van der Waals surface area contributed by atoms with E-state index in [1.165, 1.54) is 26.2 Å². The highest BCUT2D eigenvalue weighted by molar-refractivity contribution is 7.89. The molecule has 0 saturated heterocycles. The largest absolute Gasteiger partial charge is 0.340 e. The molecule has 6 nitrogen and oxygen atoms in total. The Morgan fingerprint density at radius 3 is 2.27 bits per heavy atom. The molecule has 0 aromatic heterocycles. The van der Waals surface area contributed by atoms with E-state index < -0.39 is 24.0 Å². The van der Waals surface area contributed by atoms with Crippen molar-refractivity contribution in [1.82, 2.24) is 4.72 Å². The van der Waals surface area contributed by atoms with Gasteiger partial charge in [0.25, 0.3) is 0 Å². The van der Waals surface area contributed by atoms with E-state index in [1.54, 1.807) is 18.2 Å². The van der Waals surface area contributed by atoms with Gasteiger partial charge in [-0.25, -0.2) is 8.42 Å². The highest BCUT2D eigenvalue weighted by Crippen LogP contribution is 2.16. The SMILES string of the molecule is COC(C)(NS(=O)(=O)c1ccccc1)OCC(N)[Si](C)(C)C. The predicted molar refractivity (Wildman–Crippen MR) is 89.5 cm³/mol. The molecule has 0 aliphatic heterocycles. The first-order chi connectivity index (χ1) is 10.0. The molecule has 2 atom stereocenters. The lowest BCUT2D eigenvalue weighted by atomic mass is 10.4. The van der Waals surface area contributed by atoms with E-state index in [0.717, 1.165) is 0 Å². The third-order valence-corrected chi connectivity index (χ3v) is 7.34. The molecule has 0 aliphatic rings. The van der Waals surface area contributed by atoms with Crippen LogP contribution in [0.2, 0.25) is 19.6 Å². The fourth-order valence-electron chi connectivity index (χ4n) is 1.53. The summed E-state index contributed by atoms with van der Waals surface area (Å²) in [7, 11) is -3.94. The molecule has 0 saturated carbocycles. The van der Waals surface area contributed by atoms with Crippen molar-refractivity contribution in [2.75, 3.05) is 13.7 Å². The van der Waals surface area contributed by atoms with Crippen molar-refractivity contribution in [2.24, 2.45) is 5.73 Å². The first kappa shape index (κ1) is 19.3. The molecule has 0 heterocycles. The smallest absolute Gasteiger partial charge is 0.244 e. The maximum absolute atomic E-state index is 12.4. The van der Waals surface area contributed by atoms with E-state index >= 15 is 0 Å². The summed E-state index contributed by atoms with van der Waals surface area (Å²) in [4.78, 5) is 0.149. The van der Waals surface area contributed by atoms with Gasteiger partial charge < -0.3 is 15.2 Å².